The van der Waals surface area contributed by atoms with Gasteiger partial charge in [-0.1, -0.05) is 13.3 Å². The summed E-state index contributed by atoms with van der Waals surface area (Å²) < 4.78 is 27.1. The van der Waals surface area contributed by atoms with Crippen LogP contribution in [0.5, 0.6) is 0 Å². The lowest BCUT2D eigenvalue weighted by molar-refractivity contribution is 0.412. The van der Waals surface area contributed by atoms with Gasteiger partial charge in [0, 0.05) is 26.1 Å². The number of rotatable bonds is 4. The van der Waals surface area contributed by atoms with Crippen molar-refractivity contribution >= 4 is 10.0 Å². The van der Waals surface area contributed by atoms with E-state index in [4.69, 9.17) is 0 Å². The van der Waals surface area contributed by atoms with Crippen LogP contribution in [-0.4, -0.2) is 46.3 Å². The molecule has 1 aromatic heterocycles. The van der Waals surface area contributed by atoms with E-state index in [2.05, 4.69) is 10.2 Å². The van der Waals surface area contributed by atoms with Crippen molar-refractivity contribution in [3.63, 3.8) is 0 Å². The highest BCUT2D eigenvalue weighted by Crippen LogP contribution is 2.10. The van der Waals surface area contributed by atoms with Gasteiger partial charge >= 0.3 is 5.69 Å². The van der Waals surface area contributed by atoms with Gasteiger partial charge < -0.3 is 0 Å². The first-order chi connectivity index (χ1) is 8.54. The highest BCUT2D eigenvalue weighted by atomic mass is 32.2. The summed E-state index contributed by atoms with van der Waals surface area (Å²) in [4.78, 5) is 11.4. The molecule has 1 aliphatic rings. The molecule has 102 valence electrons. The number of nitrogens with one attached hydrogen (secondary N) is 1. The highest BCUT2D eigenvalue weighted by Gasteiger charge is 2.25. The standard InChI is InChI=1S/C10H18N4O3S/c1-2-3-8-18(16,17)13-5-4-9-11-12-10(15)14(9)7-6-13/h2-8H2,1H3,(H,12,15). The van der Waals surface area contributed by atoms with E-state index in [9.17, 15) is 13.2 Å². The fourth-order valence-electron chi connectivity index (χ4n) is 2.05. The number of sulfonamides is 1. The van der Waals surface area contributed by atoms with Crippen LogP contribution in [0.1, 0.15) is 25.6 Å². The third kappa shape index (κ3) is 2.64. The molecule has 2 heterocycles. The molecular weight excluding hydrogens is 256 g/mol. The molecule has 0 atom stereocenters. The average molecular weight is 274 g/mol. The van der Waals surface area contributed by atoms with Crippen molar-refractivity contribution in [2.75, 3.05) is 18.8 Å². The van der Waals surface area contributed by atoms with Gasteiger partial charge in [-0.05, 0) is 6.42 Å². The quantitative estimate of drug-likeness (QED) is 0.806. The maximum absolute atomic E-state index is 12.1. The molecule has 0 radical (unpaired) electrons. The molecule has 0 saturated carbocycles. The monoisotopic (exact) mass is 274 g/mol. The zero-order valence-electron chi connectivity index (χ0n) is 10.4. The molecule has 1 aromatic rings. The summed E-state index contributed by atoms with van der Waals surface area (Å²) in [6, 6.07) is 0. The Morgan fingerprint density at radius 1 is 1.33 bits per heavy atom. The molecule has 0 spiro atoms. The lowest BCUT2D eigenvalue weighted by Gasteiger charge is -2.19. The predicted molar refractivity (Wildman–Crippen MR) is 66.8 cm³/mol. The number of H-pyrrole nitrogens is 1. The molecule has 18 heavy (non-hydrogen) atoms. The van der Waals surface area contributed by atoms with Gasteiger partial charge in [0.05, 0.1) is 5.75 Å². The third-order valence-electron chi connectivity index (χ3n) is 3.14. The first-order valence-electron chi connectivity index (χ1n) is 6.16. The largest absolute Gasteiger partial charge is 0.343 e. The van der Waals surface area contributed by atoms with Gasteiger partial charge in [-0.15, -0.1) is 0 Å². The minimum Gasteiger partial charge on any atom is -0.278 e. The van der Waals surface area contributed by atoms with Gasteiger partial charge in [-0.25, -0.2) is 18.3 Å². The summed E-state index contributed by atoms with van der Waals surface area (Å²) >= 11 is 0. The topological polar surface area (TPSA) is 88.1 Å². The number of aromatic nitrogens is 3. The van der Waals surface area contributed by atoms with Crippen molar-refractivity contribution in [2.24, 2.45) is 0 Å². The van der Waals surface area contributed by atoms with E-state index in [0.29, 0.717) is 38.3 Å². The van der Waals surface area contributed by atoms with Crippen LogP contribution in [-0.2, 0) is 23.0 Å². The Labute approximate surface area is 106 Å². The first-order valence-corrected chi connectivity index (χ1v) is 7.77. The van der Waals surface area contributed by atoms with Crippen LogP contribution in [0.2, 0.25) is 0 Å². The molecular formula is C10H18N4O3S. The summed E-state index contributed by atoms with van der Waals surface area (Å²) in [7, 11) is -3.20. The lowest BCUT2D eigenvalue weighted by atomic mass is 10.4. The first kappa shape index (κ1) is 13.3. The minimum absolute atomic E-state index is 0.183. The van der Waals surface area contributed by atoms with Gasteiger partial charge in [-0.2, -0.15) is 9.40 Å². The number of nitrogens with zero attached hydrogens (tertiary/aromatic N) is 3. The molecule has 2 rings (SSSR count). The summed E-state index contributed by atoms with van der Waals surface area (Å²) in [6.45, 7) is 3.08. The maximum Gasteiger partial charge on any atom is 0.343 e. The van der Waals surface area contributed by atoms with Gasteiger partial charge in [-0.3, -0.25) is 4.57 Å². The van der Waals surface area contributed by atoms with Crippen molar-refractivity contribution in [1.82, 2.24) is 19.1 Å². The summed E-state index contributed by atoms with van der Waals surface area (Å²) in [5.41, 5.74) is -0.266. The van der Waals surface area contributed by atoms with E-state index in [-0.39, 0.29) is 11.4 Å². The van der Waals surface area contributed by atoms with Crippen LogP contribution >= 0.6 is 0 Å². The van der Waals surface area contributed by atoms with Crippen LogP contribution in [0, 0.1) is 0 Å². The second kappa shape index (κ2) is 5.23. The molecule has 0 fully saturated rings. The van der Waals surface area contributed by atoms with Crippen molar-refractivity contribution in [1.29, 1.82) is 0 Å². The van der Waals surface area contributed by atoms with Gasteiger partial charge in [0.1, 0.15) is 5.82 Å². The van der Waals surface area contributed by atoms with Crippen LogP contribution in [0.3, 0.4) is 0 Å². The Morgan fingerprint density at radius 3 is 2.83 bits per heavy atom. The summed E-state index contributed by atoms with van der Waals surface area (Å²) in [5, 5.41) is 6.28. The zero-order valence-corrected chi connectivity index (χ0v) is 11.2. The van der Waals surface area contributed by atoms with Gasteiger partial charge in [0.15, 0.2) is 0 Å². The SMILES string of the molecule is CCCCS(=O)(=O)N1CCc2n[nH]c(=O)n2CC1. The van der Waals surface area contributed by atoms with E-state index in [1.165, 1.54) is 8.87 Å². The molecule has 1 aliphatic heterocycles. The summed E-state index contributed by atoms with van der Waals surface area (Å²) in [5.74, 6) is 0.815. The molecule has 0 saturated heterocycles. The van der Waals surface area contributed by atoms with Gasteiger partial charge in [0.25, 0.3) is 0 Å². The van der Waals surface area contributed by atoms with Crippen molar-refractivity contribution in [3.8, 4) is 0 Å². The molecule has 7 nitrogen and oxygen atoms in total. The normalized spacial score (nSPS) is 17.4. The van der Waals surface area contributed by atoms with Crippen molar-refractivity contribution in [3.05, 3.63) is 16.3 Å². The van der Waals surface area contributed by atoms with E-state index < -0.39 is 10.0 Å². The Kier molecular flexibility index (Phi) is 3.86. The molecule has 0 aliphatic carbocycles. The van der Waals surface area contributed by atoms with Gasteiger partial charge in [0.2, 0.25) is 10.0 Å². The van der Waals surface area contributed by atoms with Crippen molar-refractivity contribution in [2.45, 2.75) is 32.7 Å². The molecule has 1 N–H and O–H groups in total. The second-order valence-corrected chi connectivity index (χ2v) is 6.50. The Morgan fingerprint density at radius 2 is 2.11 bits per heavy atom. The fourth-order valence-corrected chi connectivity index (χ4v) is 3.69. The third-order valence-corrected chi connectivity index (χ3v) is 5.10. The van der Waals surface area contributed by atoms with E-state index in [1.807, 2.05) is 6.92 Å². The minimum atomic E-state index is -3.20. The van der Waals surface area contributed by atoms with E-state index in [0.717, 1.165) is 6.42 Å². The lowest BCUT2D eigenvalue weighted by Crippen LogP contribution is -2.36. The van der Waals surface area contributed by atoms with Crippen LogP contribution in [0.25, 0.3) is 0 Å². The second-order valence-electron chi connectivity index (χ2n) is 4.42. The Hall–Kier alpha value is -1.15. The highest BCUT2D eigenvalue weighted by molar-refractivity contribution is 7.89. The number of aromatic amines is 1. The molecule has 0 bridgehead atoms. The molecule has 0 unspecified atom stereocenters. The van der Waals surface area contributed by atoms with Crippen LogP contribution in [0.15, 0.2) is 4.79 Å². The van der Waals surface area contributed by atoms with Crippen molar-refractivity contribution < 1.29 is 8.42 Å². The zero-order chi connectivity index (χ0) is 13.2. The molecule has 8 heteroatoms. The maximum atomic E-state index is 12.1. The smallest absolute Gasteiger partial charge is 0.278 e. The number of hydrogen-bond donors (Lipinski definition) is 1. The van der Waals surface area contributed by atoms with Crippen LogP contribution in [0.4, 0.5) is 0 Å². The average Bonchev–Trinajstić information content (AvgIpc) is 2.57. The van der Waals surface area contributed by atoms with E-state index in [1.54, 1.807) is 0 Å². The Bertz CT molecular complexity index is 560. The molecule has 0 aromatic carbocycles. The number of hydrogen-bond acceptors (Lipinski definition) is 4. The summed E-state index contributed by atoms with van der Waals surface area (Å²) in [6.07, 6.45) is 2.00. The van der Waals surface area contributed by atoms with Crippen LogP contribution < -0.4 is 5.69 Å². The van der Waals surface area contributed by atoms with E-state index >= 15 is 0 Å². The Balaban J connectivity index is 2.10. The predicted octanol–water partition coefficient (Wildman–Crippen LogP) is -0.441. The number of fused-ring (bicyclic) bond motifs is 1. The molecule has 0 amide bonds. The fraction of sp³-hybridized carbons (Fsp3) is 0.800. The number of unbranched alkanes of at least 4 members (excludes halogenated alkanes) is 1.